The number of piperidine rings is 1. The number of hydrogen-bond donors (Lipinski definition) is 0. The summed E-state index contributed by atoms with van der Waals surface area (Å²) in [5.74, 6) is 0. The molecule has 0 bridgehead atoms. The number of hydrogen-bond acceptors (Lipinski definition) is 4. The fourth-order valence-electron chi connectivity index (χ4n) is 2.12. The van der Waals surface area contributed by atoms with Crippen LogP contribution in [0.3, 0.4) is 0 Å². The van der Waals surface area contributed by atoms with Crippen molar-refractivity contribution in [2.75, 3.05) is 27.2 Å². The van der Waals surface area contributed by atoms with Crippen molar-refractivity contribution >= 4 is 10.0 Å². The van der Waals surface area contributed by atoms with Gasteiger partial charge in [-0.25, -0.2) is 8.42 Å². The summed E-state index contributed by atoms with van der Waals surface area (Å²) in [6.45, 7) is 2.79. The van der Waals surface area contributed by atoms with Gasteiger partial charge in [-0.3, -0.25) is 0 Å². The first-order chi connectivity index (χ1) is 7.93. The zero-order valence-electron chi connectivity index (χ0n) is 10.8. The molecule has 0 aromatic heterocycles. The number of sulfonamides is 1. The molecular formula is C11H21N3O2S. The summed E-state index contributed by atoms with van der Waals surface area (Å²) in [6.07, 6.45) is 2.23. The summed E-state index contributed by atoms with van der Waals surface area (Å²) in [7, 11) is 0.476. The fraction of sp³-hybridized carbons (Fsp3) is 0.909. The van der Waals surface area contributed by atoms with Crippen molar-refractivity contribution in [3.05, 3.63) is 0 Å². The van der Waals surface area contributed by atoms with Gasteiger partial charge in [-0.2, -0.15) is 9.57 Å². The third-order valence-corrected chi connectivity index (χ3v) is 5.53. The molecule has 1 heterocycles. The van der Waals surface area contributed by atoms with Crippen LogP contribution in [0, 0.1) is 11.3 Å². The van der Waals surface area contributed by atoms with Crippen LogP contribution in [0.25, 0.3) is 0 Å². The molecule has 1 aliphatic heterocycles. The minimum absolute atomic E-state index is 0.259. The van der Waals surface area contributed by atoms with Crippen LogP contribution in [0.4, 0.5) is 0 Å². The highest BCUT2D eigenvalue weighted by Gasteiger charge is 2.34. The van der Waals surface area contributed by atoms with E-state index in [0.29, 0.717) is 19.5 Å². The summed E-state index contributed by atoms with van der Waals surface area (Å²) in [6, 6.07) is 2.15. The predicted octanol–water partition coefficient (Wildman–Crippen LogP) is 0.644. The van der Waals surface area contributed by atoms with Gasteiger partial charge < -0.3 is 4.90 Å². The molecule has 0 aliphatic carbocycles. The van der Waals surface area contributed by atoms with E-state index in [1.807, 2.05) is 20.2 Å². The van der Waals surface area contributed by atoms with Gasteiger partial charge in [0.25, 0.3) is 0 Å². The van der Waals surface area contributed by atoms with Crippen molar-refractivity contribution in [3.8, 4) is 6.07 Å². The molecule has 17 heavy (non-hydrogen) atoms. The van der Waals surface area contributed by atoms with Crippen molar-refractivity contribution in [2.45, 2.75) is 37.5 Å². The molecule has 0 aromatic carbocycles. The third-order valence-electron chi connectivity index (χ3n) is 3.32. The van der Waals surface area contributed by atoms with Gasteiger partial charge >= 0.3 is 0 Å². The largest absolute Gasteiger partial charge is 0.305 e. The predicted molar refractivity (Wildman–Crippen MR) is 66.9 cm³/mol. The van der Waals surface area contributed by atoms with E-state index < -0.39 is 15.3 Å². The highest BCUT2D eigenvalue weighted by molar-refractivity contribution is 7.90. The Morgan fingerprint density at radius 3 is 2.65 bits per heavy atom. The molecule has 0 spiro atoms. The van der Waals surface area contributed by atoms with Gasteiger partial charge in [0.2, 0.25) is 10.0 Å². The average molecular weight is 259 g/mol. The summed E-state index contributed by atoms with van der Waals surface area (Å²) >= 11 is 0. The Morgan fingerprint density at radius 2 is 2.18 bits per heavy atom. The van der Waals surface area contributed by atoms with E-state index in [2.05, 4.69) is 4.90 Å². The quantitative estimate of drug-likeness (QED) is 0.743. The van der Waals surface area contributed by atoms with Crippen LogP contribution >= 0.6 is 0 Å². The molecule has 0 aromatic rings. The molecular weight excluding hydrogens is 238 g/mol. The maximum atomic E-state index is 12.2. The van der Waals surface area contributed by atoms with E-state index in [1.165, 1.54) is 4.31 Å². The SMILES string of the molecule is CCC(C#N)S(=O)(=O)N1CCCC(N(C)C)C1. The van der Waals surface area contributed by atoms with Crippen LogP contribution in [0.1, 0.15) is 26.2 Å². The highest BCUT2D eigenvalue weighted by atomic mass is 32.2. The van der Waals surface area contributed by atoms with Gasteiger partial charge in [0.1, 0.15) is 0 Å². The van der Waals surface area contributed by atoms with Crippen LogP contribution in [0.5, 0.6) is 0 Å². The summed E-state index contributed by atoms with van der Waals surface area (Å²) < 4.78 is 25.9. The molecule has 2 unspecified atom stereocenters. The van der Waals surface area contributed by atoms with Crippen molar-refractivity contribution in [1.82, 2.24) is 9.21 Å². The van der Waals surface area contributed by atoms with Crippen LogP contribution < -0.4 is 0 Å². The lowest BCUT2D eigenvalue weighted by atomic mass is 10.1. The van der Waals surface area contributed by atoms with E-state index >= 15 is 0 Å². The first-order valence-electron chi connectivity index (χ1n) is 5.98. The third kappa shape index (κ3) is 3.18. The standard InChI is InChI=1S/C11H21N3O2S/c1-4-11(8-12)17(15,16)14-7-5-6-10(9-14)13(2)3/h10-11H,4-7,9H2,1-3H3. The number of likely N-dealkylation sites (N-methyl/N-ethyl adjacent to an activating group) is 1. The topological polar surface area (TPSA) is 64.4 Å². The molecule has 1 saturated heterocycles. The van der Waals surface area contributed by atoms with Crippen LogP contribution in [-0.4, -0.2) is 56.1 Å². The minimum atomic E-state index is -3.45. The fourth-order valence-corrected chi connectivity index (χ4v) is 3.80. The Morgan fingerprint density at radius 1 is 1.53 bits per heavy atom. The number of rotatable bonds is 4. The lowest BCUT2D eigenvalue weighted by molar-refractivity contribution is 0.190. The summed E-state index contributed by atoms with van der Waals surface area (Å²) in [4.78, 5) is 2.05. The van der Waals surface area contributed by atoms with Gasteiger partial charge in [-0.1, -0.05) is 6.92 Å². The van der Waals surface area contributed by atoms with E-state index in [9.17, 15) is 8.42 Å². The maximum absolute atomic E-state index is 12.2. The molecule has 6 heteroatoms. The molecule has 98 valence electrons. The number of nitrogens with zero attached hydrogens (tertiary/aromatic N) is 3. The molecule has 2 atom stereocenters. The van der Waals surface area contributed by atoms with Crippen molar-refractivity contribution in [2.24, 2.45) is 0 Å². The highest BCUT2D eigenvalue weighted by Crippen LogP contribution is 2.20. The second-order valence-electron chi connectivity index (χ2n) is 4.69. The Kier molecular flexibility index (Phi) is 4.92. The minimum Gasteiger partial charge on any atom is -0.305 e. The lowest BCUT2D eigenvalue weighted by Gasteiger charge is -2.36. The molecule has 1 aliphatic rings. The first kappa shape index (κ1) is 14.4. The zero-order valence-corrected chi connectivity index (χ0v) is 11.6. The molecule has 0 saturated carbocycles. The van der Waals surface area contributed by atoms with Gasteiger partial charge in [-0.15, -0.1) is 0 Å². The van der Waals surface area contributed by atoms with E-state index in [1.54, 1.807) is 6.92 Å². The Balaban J connectivity index is 2.82. The van der Waals surface area contributed by atoms with Crippen LogP contribution in [-0.2, 0) is 10.0 Å². The van der Waals surface area contributed by atoms with Crippen molar-refractivity contribution in [1.29, 1.82) is 5.26 Å². The Bertz CT molecular complexity index is 386. The van der Waals surface area contributed by atoms with Crippen molar-refractivity contribution in [3.63, 3.8) is 0 Å². The lowest BCUT2D eigenvalue weighted by Crippen LogP contribution is -2.49. The molecule has 1 fully saturated rings. The van der Waals surface area contributed by atoms with Gasteiger partial charge in [0.15, 0.2) is 5.25 Å². The van der Waals surface area contributed by atoms with Gasteiger partial charge in [-0.05, 0) is 33.4 Å². The van der Waals surface area contributed by atoms with Crippen molar-refractivity contribution < 1.29 is 8.42 Å². The summed E-state index contributed by atoms with van der Waals surface area (Å²) in [5, 5.41) is 8.00. The molecule has 5 nitrogen and oxygen atoms in total. The second-order valence-corrected chi connectivity index (χ2v) is 6.80. The molecule has 1 rings (SSSR count). The normalized spacial score (nSPS) is 24.5. The first-order valence-corrected chi connectivity index (χ1v) is 7.48. The van der Waals surface area contributed by atoms with E-state index in [4.69, 9.17) is 5.26 Å². The molecule has 0 radical (unpaired) electrons. The second kappa shape index (κ2) is 5.80. The monoisotopic (exact) mass is 259 g/mol. The average Bonchev–Trinajstić information content (AvgIpc) is 2.30. The Hall–Kier alpha value is -0.640. The smallest absolute Gasteiger partial charge is 0.230 e. The number of nitriles is 1. The van der Waals surface area contributed by atoms with Gasteiger partial charge in [0, 0.05) is 19.1 Å². The summed E-state index contributed by atoms with van der Waals surface area (Å²) in [5.41, 5.74) is 0. The zero-order chi connectivity index (χ0) is 13.1. The van der Waals surface area contributed by atoms with E-state index in [0.717, 1.165) is 12.8 Å². The van der Waals surface area contributed by atoms with Gasteiger partial charge in [0.05, 0.1) is 6.07 Å². The van der Waals surface area contributed by atoms with E-state index in [-0.39, 0.29) is 6.04 Å². The van der Waals surface area contributed by atoms with Crippen LogP contribution in [0.2, 0.25) is 0 Å². The maximum Gasteiger partial charge on any atom is 0.230 e. The molecule has 0 N–H and O–H groups in total. The molecule has 0 amide bonds. The Labute approximate surface area is 104 Å². The van der Waals surface area contributed by atoms with Crippen LogP contribution in [0.15, 0.2) is 0 Å².